The number of benzene rings is 1. The lowest BCUT2D eigenvalue weighted by Gasteiger charge is -2.38. The van der Waals surface area contributed by atoms with Crippen molar-refractivity contribution in [2.75, 3.05) is 33.0 Å². The highest BCUT2D eigenvalue weighted by molar-refractivity contribution is 7.88. The Kier molecular flexibility index (Phi) is 4.67. The van der Waals surface area contributed by atoms with E-state index in [0.717, 1.165) is 25.4 Å². The fraction of sp³-hybridized carbons (Fsp3) is 0.571. The SMILES string of the molecule is COc1cccc(CN2CCN(S(C)(=O)=O)[C@@H](C)C2)c1. The van der Waals surface area contributed by atoms with Crippen LogP contribution in [0.5, 0.6) is 5.75 Å². The summed E-state index contributed by atoms with van der Waals surface area (Å²) in [5.41, 5.74) is 1.18. The van der Waals surface area contributed by atoms with Crippen molar-refractivity contribution in [2.45, 2.75) is 19.5 Å². The van der Waals surface area contributed by atoms with Gasteiger partial charge in [0.05, 0.1) is 13.4 Å². The highest BCUT2D eigenvalue weighted by Gasteiger charge is 2.29. The second kappa shape index (κ2) is 6.11. The van der Waals surface area contributed by atoms with Crippen LogP contribution in [0.25, 0.3) is 0 Å². The number of sulfonamides is 1. The Morgan fingerprint density at radius 3 is 2.70 bits per heavy atom. The maximum Gasteiger partial charge on any atom is 0.211 e. The summed E-state index contributed by atoms with van der Waals surface area (Å²) in [6, 6.07) is 8.01. The molecule has 1 fully saturated rings. The summed E-state index contributed by atoms with van der Waals surface area (Å²) in [4.78, 5) is 2.28. The van der Waals surface area contributed by atoms with Crippen molar-refractivity contribution in [2.24, 2.45) is 0 Å². The molecule has 0 spiro atoms. The minimum atomic E-state index is -3.10. The molecule has 1 aliphatic heterocycles. The molecule has 112 valence electrons. The van der Waals surface area contributed by atoms with Crippen LogP contribution in [0.3, 0.4) is 0 Å². The van der Waals surface area contributed by atoms with Crippen LogP contribution in [-0.4, -0.2) is 56.7 Å². The lowest BCUT2D eigenvalue weighted by Crippen LogP contribution is -2.53. The number of rotatable bonds is 4. The Morgan fingerprint density at radius 2 is 2.10 bits per heavy atom. The predicted molar refractivity (Wildman–Crippen MR) is 79.3 cm³/mol. The zero-order valence-corrected chi connectivity index (χ0v) is 13.1. The first-order valence-electron chi connectivity index (χ1n) is 6.72. The number of methoxy groups -OCH3 is 1. The molecule has 0 aliphatic carbocycles. The zero-order chi connectivity index (χ0) is 14.8. The van der Waals surface area contributed by atoms with Gasteiger partial charge in [0.1, 0.15) is 5.75 Å². The quantitative estimate of drug-likeness (QED) is 0.837. The maximum atomic E-state index is 11.6. The van der Waals surface area contributed by atoms with Crippen molar-refractivity contribution in [3.8, 4) is 5.75 Å². The van der Waals surface area contributed by atoms with Gasteiger partial charge in [-0.15, -0.1) is 0 Å². The zero-order valence-electron chi connectivity index (χ0n) is 12.2. The van der Waals surface area contributed by atoms with Crippen LogP contribution in [0.15, 0.2) is 24.3 Å². The van der Waals surface area contributed by atoms with Gasteiger partial charge in [0.25, 0.3) is 0 Å². The molecule has 20 heavy (non-hydrogen) atoms. The molecule has 0 radical (unpaired) electrons. The normalized spacial score (nSPS) is 21.9. The van der Waals surface area contributed by atoms with Crippen molar-refractivity contribution >= 4 is 10.0 Å². The smallest absolute Gasteiger partial charge is 0.211 e. The first kappa shape index (κ1) is 15.3. The van der Waals surface area contributed by atoms with Crippen LogP contribution in [0.4, 0.5) is 0 Å². The molecule has 1 aromatic rings. The minimum absolute atomic E-state index is 0.0179. The van der Waals surface area contributed by atoms with Crippen LogP contribution < -0.4 is 4.74 Å². The average Bonchev–Trinajstić information content (AvgIpc) is 2.37. The number of hydrogen-bond donors (Lipinski definition) is 0. The van der Waals surface area contributed by atoms with E-state index in [9.17, 15) is 8.42 Å². The first-order valence-corrected chi connectivity index (χ1v) is 8.57. The third kappa shape index (κ3) is 3.71. The highest BCUT2D eigenvalue weighted by Crippen LogP contribution is 2.18. The second-order valence-electron chi connectivity index (χ2n) is 5.31. The van der Waals surface area contributed by atoms with Gasteiger partial charge in [-0.3, -0.25) is 4.90 Å². The molecule has 0 amide bonds. The van der Waals surface area contributed by atoms with Gasteiger partial charge in [-0.1, -0.05) is 12.1 Å². The molecular formula is C14H22N2O3S. The molecule has 2 rings (SSSR count). The third-order valence-electron chi connectivity index (χ3n) is 3.62. The van der Waals surface area contributed by atoms with E-state index in [1.807, 2.05) is 25.1 Å². The molecule has 1 aliphatic rings. The summed E-state index contributed by atoms with van der Waals surface area (Å²) >= 11 is 0. The van der Waals surface area contributed by atoms with Gasteiger partial charge in [0, 0.05) is 32.2 Å². The van der Waals surface area contributed by atoms with E-state index in [-0.39, 0.29) is 6.04 Å². The Hall–Kier alpha value is -1.11. The van der Waals surface area contributed by atoms with Gasteiger partial charge in [-0.2, -0.15) is 4.31 Å². The van der Waals surface area contributed by atoms with Gasteiger partial charge in [0.2, 0.25) is 10.0 Å². The summed E-state index contributed by atoms with van der Waals surface area (Å²) in [6.45, 7) is 4.85. The minimum Gasteiger partial charge on any atom is -0.497 e. The van der Waals surface area contributed by atoms with E-state index in [1.165, 1.54) is 11.8 Å². The Bertz CT molecular complexity index is 559. The molecule has 1 saturated heterocycles. The lowest BCUT2D eigenvalue weighted by atomic mass is 10.1. The van der Waals surface area contributed by atoms with E-state index in [1.54, 1.807) is 11.4 Å². The first-order chi connectivity index (χ1) is 9.40. The third-order valence-corrected chi connectivity index (χ3v) is 5.01. The number of piperazine rings is 1. The van der Waals surface area contributed by atoms with E-state index < -0.39 is 10.0 Å². The number of ether oxygens (including phenoxy) is 1. The molecule has 0 saturated carbocycles. The topological polar surface area (TPSA) is 49.9 Å². The fourth-order valence-electron chi connectivity index (χ4n) is 2.68. The van der Waals surface area contributed by atoms with Gasteiger partial charge >= 0.3 is 0 Å². The largest absolute Gasteiger partial charge is 0.497 e. The van der Waals surface area contributed by atoms with Crippen molar-refractivity contribution in [3.63, 3.8) is 0 Å². The van der Waals surface area contributed by atoms with E-state index in [4.69, 9.17) is 4.74 Å². The molecule has 0 N–H and O–H groups in total. The molecular weight excluding hydrogens is 276 g/mol. The van der Waals surface area contributed by atoms with E-state index in [0.29, 0.717) is 6.54 Å². The fourth-order valence-corrected chi connectivity index (χ4v) is 3.82. The van der Waals surface area contributed by atoms with Gasteiger partial charge in [-0.25, -0.2) is 8.42 Å². The monoisotopic (exact) mass is 298 g/mol. The summed E-state index contributed by atoms with van der Waals surface area (Å²) in [5, 5.41) is 0. The molecule has 0 bridgehead atoms. The molecule has 0 aromatic heterocycles. The highest BCUT2D eigenvalue weighted by atomic mass is 32.2. The molecule has 1 aromatic carbocycles. The standard InChI is InChI=1S/C14H22N2O3S/c1-12-10-15(7-8-16(12)20(3,17)18)11-13-5-4-6-14(9-13)19-2/h4-6,9,12H,7-8,10-11H2,1-3H3/t12-/m0/s1. The Balaban J connectivity index is 1.99. The van der Waals surface area contributed by atoms with Crippen molar-refractivity contribution in [1.29, 1.82) is 0 Å². The van der Waals surface area contributed by atoms with Gasteiger partial charge < -0.3 is 4.74 Å². The van der Waals surface area contributed by atoms with Gasteiger partial charge in [0.15, 0.2) is 0 Å². The molecule has 6 heteroatoms. The maximum absolute atomic E-state index is 11.6. The van der Waals surface area contributed by atoms with Gasteiger partial charge in [-0.05, 0) is 24.6 Å². The van der Waals surface area contributed by atoms with Crippen LogP contribution in [0, 0.1) is 0 Å². The lowest BCUT2D eigenvalue weighted by molar-refractivity contribution is 0.138. The second-order valence-corrected chi connectivity index (χ2v) is 7.24. The average molecular weight is 298 g/mol. The van der Waals surface area contributed by atoms with Crippen molar-refractivity contribution in [3.05, 3.63) is 29.8 Å². The Morgan fingerprint density at radius 1 is 1.35 bits per heavy atom. The molecule has 5 nitrogen and oxygen atoms in total. The van der Waals surface area contributed by atoms with E-state index in [2.05, 4.69) is 11.0 Å². The molecule has 0 unspecified atom stereocenters. The Labute approximate surface area is 121 Å². The van der Waals surface area contributed by atoms with E-state index >= 15 is 0 Å². The van der Waals surface area contributed by atoms with Crippen molar-refractivity contribution < 1.29 is 13.2 Å². The van der Waals surface area contributed by atoms with Crippen LogP contribution in [0.2, 0.25) is 0 Å². The molecule has 1 heterocycles. The summed E-state index contributed by atoms with van der Waals surface area (Å²) in [7, 11) is -1.44. The van der Waals surface area contributed by atoms with Crippen LogP contribution >= 0.6 is 0 Å². The summed E-state index contributed by atoms with van der Waals surface area (Å²) < 4.78 is 30.1. The number of nitrogens with zero attached hydrogens (tertiary/aromatic N) is 2. The van der Waals surface area contributed by atoms with Crippen LogP contribution in [0.1, 0.15) is 12.5 Å². The van der Waals surface area contributed by atoms with Crippen molar-refractivity contribution in [1.82, 2.24) is 9.21 Å². The molecule has 1 atom stereocenters. The van der Waals surface area contributed by atoms with Crippen LogP contribution in [-0.2, 0) is 16.6 Å². The number of hydrogen-bond acceptors (Lipinski definition) is 4. The summed E-state index contributed by atoms with van der Waals surface area (Å²) in [5.74, 6) is 0.852. The predicted octanol–water partition coefficient (Wildman–Crippen LogP) is 1.16. The summed E-state index contributed by atoms with van der Waals surface area (Å²) in [6.07, 6.45) is 1.28.